The number of nitrogens with two attached hydrogens (primary N) is 1. The number of hydrogen-bond donors (Lipinski definition) is 2. The zero-order valence-electron chi connectivity index (χ0n) is 19.2. The number of pyridine rings is 1. The lowest BCUT2D eigenvalue weighted by atomic mass is 9.84. The van der Waals surface area contributed by atoms with E-state index in [0.29, 0.717) is 11.3 Å². The second-order valence-electron chi connectivity index (χ2n) is 7.87. The van der Waals surface area contributed by atoms with Gasteiger partial charge < -0.3 is 15.8 Å². The zero-order chi connectivity index (χ0) is 25.3. The number of carbonyl (C=O) groups excluding carboxylic acids is 2. The van der Waals surface area contributed by atoms with Crippen LogP contribution in [0.25, 0.3) is 17.5 Å². The van der Waals surface area contributed by atoms with Crippen LogP contribution in [0.5, 0.6) is 0 Å². The smallest absolute Gasteiger partial charge is 0.332 e. The molecule has 1 aliphatic heterocycles. The third kappa shape index (κ3) is 4.25. The first kappa shape index (κ1) is 23.7. The third-order valence-corrected chi connectivity index (χ3v) is 6.88. The molecule has 1 aromatic carbocycles. The van der Waals surface area contributed by atoms with E-state index in [0.717, 1.165) is 33.1 Å². The summed E-state index contributed by atoms with van der Waals surface area (Å²) in [7, 11) is 1.19. The Morgan fingerprint density at radius 3 is 2.57 bits per heavy atom. The Labute approximate surface area is 204 Å². The monoisotopic (exact) mass is 487 g/mol. The number of nitrogens with zero attached hydrogens (tertiary/aromatic N) is 3. The first-order valence-corrected chi connectivity index (χ1v) is 11.3. The van der Waals surface area contributed by atoms with Gasteiger partial charge in [0.1, 0.15) is 15.0 Å². The molecule has 0 unspecified atom stereocenters. The molecule has 0 saturated heterocycles. The number of hydrogen-bond acceptors (Lipinski definition) is 8. The van der Waals surface area contributed by atoms with Crippen molar-refractivity contribution in [3.05, 3.63) is 84.5 Å². The van der Waals surface area contributed by atoms with Crippen LogP contribution < -0.4 is 25.8 Å². The van der Waals surface area contributed by atoms with Gasteiger partial charge in [-0.15, -0.1) is 11.3 Å². The van der Waals surface area contributed by atoms with E-state index in [1.54, 1.807) is 30.6 Å². The Kier molecular flexibility index (Phi) is 6.36. The van der Waals surface area contributed by atoms with Crippen LogP contribution in [0, 0.1) is 25.2 Å². The number of allylic oxidation sites excluding steroid dienone is 1. The predicted molar refractivity (Wildman–Crippen MR) is 132 cm³/mol. The van der Waals surface area contributed by atoms with Crippen molar-refractivity contribution in [3.8, 4) is 6.07 Å². The summed E-state index contributed by atoms with van der Waals surface area (Å²) in [5.74, 6) is -2.18. The number of nitrogens with one attached hydrogen (secondary N) is 1. The van der Waals surface area contributed by atoms with Gasteiger partial charge in [0.2, 0.25) is 0 Å². The highest BCUT2D eigenvalue weighted by Crippen LogP contribution is 2.36. The van der Waals surface area contributed by atoms with Crippen LogP contribution >= 0.6 is 11.3 Å². The molecule has 9 nitrogen and oxygen atoms in total. The van der Waals surface area contributed by atoms with E-state index in [4.69, 9.17) is 5.73 Å². The standard InChI is InChI=1S/C25H21N5O4S/c1-13-4-5-16(10-14(13)2)29-23(32)21-20(15-6-8-28-9-7-15)17(12-26)22(27)30-24(33)18(35-25(21)30)11-19(31)34-3/h4-11,20H,27H2,1-3H3,(H,29,32)/b18-11-/t20-/m0/s1. The lowest BCUT2D eigenvalue weighted by Gasteiger charge is -2.25. The quantitative estimate of drug-likeness (QED) is 0.526. The molecule has 10 heteroatoms. The molecule has 1 amide bonds. The van der Waals surface area contributed by atoms with Crippen molar-refractivity contribution in [2.75, 3.05) is 12.4 Å². The lowest BCUT2D eigenvalue weighted by molar-refractivity contribution is -0.133. The molecule has 0 fully saturated rings. The van der Waals surface area contributed by atoms with E-state index in [9.17, 15) is 19.6 Å². The average Bonchev–Trinajstić information content (AvgIpc) is 3.17. The Bertz CT molecular complexity index is 1610. The number of aryl methyl sites for hydroxylation is 2. The third-order valence-electron chi connectivity index (χ3n) is 5.77. The Morgan fingerprint density at radius 1 is 1.23 bits per heavy atom. The number of rotatable bonds is 4. The van der Waals surface area contributed by atoms with Gasteiger partial charge >= 0.3 is 5.97 Å². The number of methoxy groups -OCH3 is 1. The average molecular weight is 488 g/mol. The summed E-state index contributed by atoms with van der Waals surface area (Å²) in [6.45, 7) is 3.90. The van der Waals surface area contributed by atoms with E-state index in [-0.39, 0.29) is 26.2 Å². The molecular formula is C25H21N5O4S. The SMILES string of the molecule is COC(=O)/C=c1\sc2n(c1=O)C(N)=C(C#N)[C@H](c1ccncc1)C=2C(=O)Nc1ccc(C)c(C)c1. The number of anilines is 1. The second-order valence-corrected chi connectivity index (χ2v) is 8.90. The van der Waals surface area contributed by atoms with Gasteiger partial charge in [0, 0.05) is 24.2 Å². The molecule has 0 aliphatic carbocycles. The summed E-state index contributed by atoms with van der Waals surface area (Å²) in [6.07, 6.45) is 4.13. The lowest BCUT2D eigenvalue weighted by Crippen LogP contribution is -2.40. The van der Waals surface area contributed by atoms with Crippen molar-refractivity contribution in [3.63, 3.8) is 0 Å². The molecule has 4 rings (SSSR count). The highest BCUT2D eigenvalue weighted by atomic mass is 32.1. The summed E-state index contributed by atoms with van der Waals surface area (Å²) in [4.78, 5) is 42.7. The minimum Gasteiger partial charge on any atom is -0.466 e. The van der Waals surface area contributed by atoms with Gasteiger partial charge in [-0.25, -0.2) is 4.79 Å². The largest absolute Gasteiger partial charge is 0.466 e. The molecule has 0 saturated carbocycles. The van der Waals surface area contributed by atoms with Crippen LogP contribution in [0.15, 0.2) is 53.1 Å². The fraction of sp³-hybridized carbons (Fsp3) is 0.160. The van der Waals surface area contributed by atoms with E-state index in [1.165, 1.54) is 7.11 Å². The summed E-state index contributed by atoms with van der Waals surface area (Å²) >= 11 is 0.930. The van der Waals surface area contributed by atoms with E-state index < -0.39 is 23.4 Å². The number of fused-ring (bicyclic) bond motifs is 1. The van der Waals surface area contributed by atoms with Gasteiger partial charge in [-0.2, -0.15) is 5.26 Å². The predicted octanol–water partition coefficient (Wildman–Crippen LogP) is 1.11. The van der Waals surface area contributed by atoms with Crippen molar-refractivity contribution >= 4 is 46.4 Å². The van der Waals surface area contributed by atoms with Crippen LogP contribution in [0.3, 0.4) is 0 Å². The molecule has 2 aromatic heterocycles. The highest BCUT2D eigenvalue weighted by Gasteiger charge is 2.35. The maximum Gasteiger partial charge on any atom is 0.332 e. The molecule has 35 heavy (non-hydrogen) atoms. The van der Waals surface area contributed by atoms with Crippen LogP contribution in [0.4, 0.5) is 5.69 Å². The molecule has 0 bridgehead atoms. The van der Waals surface area contributed by atoms with E-state index >= 15 is 0 Å². The Hall–Kier alpha value is -4.49. The summed E-state index contributed by atoms with van der Waals surface area (Å²) in [6, 6.07) is 10.9. The fourth-order valence-electron chi connectivity index (χ4n) is 3.84. The number of carbonyl (C=O) groups is 2. The van der Waals surface area contributed by atoms with Crippen molar-refractivity contribution in [1.82, 2.24) is 9.55 Å². The summed E-state index contributed by atoms with van der Waals surface area (Å²) in [5.41, 5.74) is 9.10. The molecule has 0 spiro atoms. The van der Waals surface area contributed by atoms with Crippen LogP contribution in [0.1, 0.15) is 22.6 Å². The number of aromatic nitrogens is 2. The van der Waals surface area contributed by atoms with Gasteiger partial charge in [-0.05, 0) is 54.8 Å². The Balaban J connectivity index is 2.03. The van der Waals surface area contributed by atoms with Gasteiger partial charge in [0.05, 0.1) is 30.2 Å². The summed E-state index contributed by atoms with van der Waals surface area (Å²) in [5, 5.41) is 12.9. The highest BCUT2D eigenvalue weighted by molar-refractivity contribution is 7.07. The van der Waals surface area contributed by atoms with Gasteiger partial charge in [-0.1, -0.05) is 6.07 Å². The van der Waals surface area contributed by atoms with Crippen molar-refractivity contribution in [2.45, 2.75) is 19.8 Å². The number of esters is 1. The number of nitriles is 1. The van der Waals surface area contributed by atoms with Crippen molar-refractivity contribution < 1.29 is 14.3 Å². The zero-order valence-corrected chi connectivity index (χ0v) is 20.0. The van der Waals surface area contributed by atoms with Gasteiger partial charge in [0.25, 0.3) is 11.5 Å². The first-order valence-electron chi connectivity index (χ1n) is 10.5. The maximum atomic E-state index is 13.7. The molecule has 1 atom stereocenters. The molecule has 0 radical (unpaired) electrons. The summed E-state index contributed by atoms with van der Waals surface area (Å²) < 4.78 is 6.01. The van der Waals surface area contributed by atoms with Crippen molar-refractivity contribution in [1.29, 1.82) is 5.26 Å². The number of ether oxygens (including phenoxy) is 1. The molecule has 3 aromatic rings. The number of amides is 1. The van der Waals surface area contributed by atoms with Gasteiger partial charge in [-0.3, -0.25) is 19.1 Å². The van der Waals surface area contributed by atoms with Crippen molar-refractivity contribution in [2.24, 2.45) is 5.73 Å². The molecule has 3 N–H and O–H groups in total. The minimum atomic E-state index is -0.849. The Morgan fingerprint density at radius 2 is 1.94 bits per heavy atom. The molecular weight excluding hydrogens is 466 g/mol. The van der Waals surface area contributed by atoms with Crippen LogP contribution in [-0.4, -0.2) is 28.5 Å². The number of benzene rings is 1. The van der Waals surface area contributed by atoms with E-state index in [1.807, 2.05) is 26.0 Å². The molecule has 3 heterocycles. The first-order chi connectivity index (χ1) is 16.8. The van der Waals surface area contributed by atoms with Crippen LogP contribution in [0.2, 0.25) is 0 Å². The fourth-order valence-corrected chi connectivity index (χ4v) is 4.98. The molecule has 1 aliphatic rings. The number of thiazole rings is 1. The normalized spacial score (nSPS) is 15.4. The van der Waals surface area contributed by atoms with E-state index in [2.05, 4.69) is 21.1 Å². The molecule has 176 valence electrons. The van der Waals surface area contributed by atoms with Crippen LogP contribution in [-0.2, 0) is 14.3 Å². The topological polar surface area (TPSA) is 140 Å². The maximum absolute atomic E-state index is 13.7. The minimum absolute atomic E-state index is 0.0268. The second kappa shape index (κ2) is 9.40. The van der Waals surface area contributed by atoms with Gasteiger partial charge in [0.15, 0.2) is 0 Å².